The fourth-order valence-electron chi connectivity index (χ4n) is 3.29. The minimum Gasteiger partial charge on any atom is -0.356 e. The van der Waals surface area contributed by atoms with Gasteiger partial charge in [0.2, 0.25) is 5.82 Å². The molecule has 26 heavy (non-hydrogen) atoms. The summed E-state index contributed by atoms with van der Waals surface area (Å²) in [6.45, 7) is 1.73. The molecule has 1 aliphatic heterocycles. The van der Waals surface area contributed by atoms with Crippen LogP contribution in [0.2, 0.25) is 0 Å². The van der Waals surface area contributed by atoms with Crippen molar-refractivity contribution in [2.45, 2.75) is 18.8 Å². The first-order valence-electron chi connectivity index (χ1n) is 8.70. The third-order valence-corrected chi connectivity index (χ3v) is 4.67. The van der Waals surface area contributed by atoms with Gasteiger partial charge in [0, 0.05) is 37.0 Å². The maximum absolute atomic E-state index is 8.96. The molecule has 1 saturated heterocycles. The quantitative estimate of drug-likeness (QED) is 0.727. The second-order valence-corrected chi connectivity index (χ2v) is 6.28. The van der Waals surface area contributed by atoms with Crippen molar-refractivity contribution in [1.29, 1.82) is 5.26 Å². The van der Waals surface area contributed by atoms with Gasteiger partial charge in [0.1, 0.15) is 17.7 Å². The molecule has 1 fully saturated rings. The van der Waals surface area contributed by atoms with Gasteiger partial charge in [0.05, 0.1) is 5.69 Å². The number of piperidine rings is 1. The third kappa shape index (κ3) is 3.38. The Morgan fingerprint density at radius 1 is 0.923 bits per heavy atom. The highest BCUT2D eigenvalue weighted by molar-refractivity contribution is 5.58. The molecule has 0 bridgehead atoms. The van der Waals surface area contributed by atoms with Crippen LogP contribution in [0.25, 0.3) is 11.3 Å². The van der Waals surface area contributed by atoms with E-state index in [1.165, 1.54) is 0 Å². The van der Waals surface area contributed by atoms with Gasteiger partial charge in [0.15, 0.2) is 0 Å². The summed E-state index contributed by atoms with van der Waals surface area (Å²) in [5.41, 5.74) is 2.08. The first kappa shape index (κ1) is 16.2. The summed E-state index contributed by atoms with van der Waals surface area (Å²) in [5.74, 6) is 2.27. The molecule has 0 amide bonds. The van der Waals surface area contributed by atoms with Gasteiger partial charge >= 0.3 is 0 Å². The molecule has 6 nitrogen and oxygen atoms in total. The van der Waals surface area contributed by atoms with Crippen LogP contribution in [0.4, 0.5) is 5.82 Å². The van der Waals surface area contributed by atoms with Gasteiger partial charge in [-0.05, 0) is 25.0 Å². The van der Waals surface area contributed by atoms with E-state index in [-0.39, 0.29) is 5.82 Å². The molecule has 6 heteroatoms. The predicted octanol–water partition coefficient (Wildman–Crippen LogP) is 3.19. The van der Waals surface area contributed by atoms with Crippen LogP contribution in [0, 0.1) is 11.3 Å². The summed E-state index contributed by atoms with van der Waals surface area (Å²) >= 11 is 0. The lowest BCUT2D eigenvalue weighted by atomic mass is 9.95. The van der Waals surface area contributed by atoms with Crippen molar-refractivity contribution in [2.75, 3.05) is 18.0 Å². The van der Waals surface area contributed by atoms with Gasteiger partial charge in [0.25, 0.3) is 0 Å². The molecule has 0 aliphatic carbocycles. The van der Waals surface area contributed by atoms with Crippen LogP contribution in [-0.2, 0) is 0 Å². The fourth-order valence-corrected chi connectivity index (χ4v) is 3.29. The molecule has 0 unspecified atom stereocenters. The lowest BCUT2D eigenvalue weighted by molar-refractivity contribution is 0.483. The average Bonchev–Trinajstić information content (AvgIpc) is 2.75. The lowest BCUT2D eigenvalue weighted by Crippen LogP contribution is -2.34. The molecule has 0 radical (unpaired) electrons. The van der Waals surface area contributed by atoms with Crippen LogP contribution in [0.5, 0.6) is 0 Å². The van der Waals surface area contributed by atoms with E-state index in [1.807, 2.05) is 42.6 Å². The van der Waals surface area contributed by atoms with Crippen molar-refractivity contribution >= 4 is 5.82 Å². The Labute approximate surface area is 152 Å². The van der Waals surface area contributed by atoms with Crippen molar-refractivity contribution in [3.8, 4) is 17.3 Å². The first-order valence-corrected chi connectivity index (χ1v) is 8.70. The van der Waals surface area contributed by atoms with Crippen molar-refractivity contribution < 1.29 is 0 Å². The van der Waals surface area contributed by atoms with E-state index in [2.05, 4.69) is 32.0 Å². The number of nitrogens with zero attached hydrogens (tertiary/aromatic N) is 6. The highest BCUT2D eigenvalue weighted by atomic mass is 15.2. The molecule has 1 aliphatic rings. The van der Waals surface area contributed by atoms with E-state index in [1.54, 1.807) is 6.20 Å². The van der Waals surface area contributed by atoms with Gasteiger partial charge in [-0.25, -0.2) is 19.9 Å². The van der Waals surface area contributed by atoms with Crippen LogP contribution in [-0.4, -0.2) is 33.0 Å². The number of rotatable bonds is 3. The second-order valence-electron chi connectivity index (χ2n) is 6.28. The maximum Gasteiger partial charge on any atom is 0.234 e. The van der Waals surface area contributed by atoms with Crippen molar-refractivity contribution in [2.24, 2.45) is 0 Å². The molecule has 0 N–H and O–H groups in total. The van der Waals surface area contributed by atoms with Crippen LogP contribution in [0.1, 0.15) is 30.4 Å². The molecule has 128 valence electrons. The zero-order valence-electron chi connectivity index (χ0n) is 14.3. The Bertz CT molecular complexity index is 926. The zero-order valence-corrected chi connectivity index (χ0v) is 14.3. The number of anilines is 1. The normalized spacial score (nSPS) is 14.8. The SMILES string of the molecule is N#Cc1nccc(N2CCC(c3nccc(-c4ccccc4)n3)CC2)n1. The molecule has 0 spiro atoms. The van der Waals surface area contributed by atoms with Gasteiger partial charge in [-0.1, -0.05) is 30.3 Å². The molecular formula is C20H18N6. The average molecular weight is 342 g/mol. The molecule has 3 aromatic rings. The number of aromatic nitrogens is 4. The lowest BCUT2D eigenvalue weighted by Gasteiger charge is -2.32. The zero-order chi connectivity index (χ0) is 17.8. The second kappa shape index (κ2) is 7.28. The largest absolute Gasteiger partial charge is 0.356 e. The van der Waals surface area contributed by atoms with E-state index in [0.29, 0.717) is 5.92 Å². The number of nitriles is 1. The Morgan fingerprint density at radius 3 is 2.46 bits per heavy atom. The smallest absolute Gasteiger partial charge is 0.234 e. The monoisotopic (exact) mass is 342 g/mol. The Morgan fingerprint density at radius 2 is 1.69 bits per heavy atom. The Kier molecular flexibility index (Phi) is 4.52. The molecule has 2 aromatic heterocycles. The summed E-state index contributed by atoms with van der Waals surface area (Å²) in [7, 11) is 0. The van der Waals surface area contributed by atoms with Crippen molar-refractivity contribution in [1.82, 2.24) is 19.9 Å². The highest BCUT2D eigenvalue weighted by Crippen LogP contribution is 2.28. The summed E-state index contributed by atoms with van der Waals surface area (Å²) < 4.78 is 0. The van der Waals surface area contributed by atoms with Crippen LogP contribution in [0.3, 0.4) is 0 Å². The Balaban J connectivity index is 1.47. The standard InChI is InChI=1S/C20H18N6/c21-14-18-22-11-7-19(25-18)26-12-8-16(9-13-26)20-23-10-6-17(24-20)15-4-2-1-3-5-15/h1-7,10-11,16H,8-9,12-13H2. The van der Waals surface area contributed by atoms with Crippen molar-refractivity contribution in [3.63, 3.8) is 0 Å². The van der Waals surface area contributed by atoms with Crippen LogP contribution in [0.15, 0.2) is 54.9 Å². The maximum atomic E-state index is 8.96. The van der Waals surface area contributed by atoms with Gasteiger partial charge < -0.3 is 4.90 Å². The highest BCUT2D eigenvalue weighted by Gasteiger charge is 2.24. The van der Waals surface area contributed by atoms with Crippen LogP contribution >= 0.6 is 0 Å². The molecule has 0 saturated carbocycles. The predicted molar refractivity (Wildman–Crippen MR) is 98.4 cm³/mol. The van der Waals surface area contributed by atoms with Crippen LogP contribution < -0.4 is 4.90 Å². The fraction of sp³-hybridized carbons (Fsp3) is 0.250. The van der Waals surface area contributed by atoms with E-state index in [4.69, 9.17) is 10.2 Å². The van der Waals surface area contributed by atoms with Gasteiger partial charge in [-0.3, -0.25) is 0 Å². The molecule has 0 atom stereocenters. The number of benzene rings is 1. The molecule has 1 aromatic carbocycles. The number of hydrogen-bond acceptors (Lipinski definition) is 6. The minimum atomic E-state index is 0.212. The van der Waals surface area contributed by atoms with E-state index in [9.17, 15) is 0 Å². The minimum absolute atomic E-state index is 0.212. The molecule has 3 heterocycles. The van der Waals surface area contributed by atoms with E-state index < -0.39 is 0 Å². The van der Waals surface area contributed by atoms with Gasteiger partial charge in [-0.2, -0.15) is 5.26 Å². The van der Waals surface area contributed by atoms with Gasteiger partial charge in [-0.15, -0.1) is 0 Å². The van der Waals surface area contributed by atoms with E-state index >= 15 is 0 Å². The number of hydrogen-bond donors (Lipinski definition) is 0. The van der Waals surface area contributed by atoms with Crippen molar-refractivity contribution in [3.05, 3.63) is 66.5 Å². The molecular weight excluding hydrogens is 324 g/mol. The summed E-state index contributed by atoms with van der Waals surface area (Å²) in [5, 5.41) is 8.96. The summed E-state index contributed by atoms with van der Waals surface area (Å²) in [4.78, 5) is 19.7. The first-order chi connectivity index (χ1) is 12.8. The third-order valence-electron chi connectivity index (χ3n) is 4.67. The summed E-state index contributed by atoms with van der Waals surface area (Å²) in [6, 6.07) is 16.0. The molecule has 4 rings (SSSR count). The summed E-state index contributed by atoms with van der Waals surface area (Å²) in [6.07, 6.45) is 5.41. The Hall–Kier alpha value is -3.33. The topological polar surface area (TPSA) is 78.6 Å². The van der Waals surface area contributed by atoms with E-state index in [0.717, 1.165) is 48.8 Å².